The number of hydrogen-bond acceptors (Lipinski definition) is 3. The zero-order valence-corrected chi connectivity index (χ0v) is 10.5. The molecular formula is C10H10BrF4NO2. The molecule has 1 atom stereocenters. The van der Waals surface area contributed by atoms with Gasteiger partial charge in [0, 0.05) is 12.2 Å². The molecule has 0 spiro atoms. The lowest BCUT2D eigenvalue weighted by Crippen LogP contribution is -2.24. The molecule has 0 aliphatic heterocycles. The Hall–Kier alpha value is -0.860. The van der Waals surface area contributed by atoms with Crippen molar-refractivity contribution in [2.24, 2.45) is 0 Å². The first-order valence-electron chi connectivity index (χ1n) is 4.85. The van der Waals surface area contributed by atoms with E-state index in [-0.39, 0.29) is 11.0 Å². The van der Waals surface area contributed by atoms with E-state index in [0.29, 0.717) is 0 Å². The van der Waals surface area contributed by atoms with Crippen molar-refractivity contribution in [2.45, 2.75) is 12.3 Å². The maximum absolute atomic E-state index is 13.4. The third kappa shape index (κ3) is 3.56. The summed E-state index contributed by atoms with van der Waals surface area (Å²) in [5.41, 5.74) is -1.93. The second-order valence-electron chi connectivity index (χ2n) is 3.50. The second-order valence-corrected chi connectivity index (χ2v) is 4.35. The first-order chi connectivity index (χ1) is 8.27. The lowest BCUT2D eigenvalue weighted by atomic mass is 10.1. The minimum absolute atomic E-state index is 0.303. The number of anilines is 1. The van der Waals surface area contributed by atoms with Crippen LogP contribution >= 0.6 is 15.9 Å². The van der Waals surface area contributed by atoms with Crippen molar-refractivity contribution >= 4 is 21.6 Å². The maximum atomic E-state index is 13.4. The van der Waals surface area contributed by atoms with Crippen molar-refractivity contribution in [2.75, 3.05) is 18.5 Å². The highest BCUT2D eigenvalue weighted by Gasteiger charge is 2.38. The van der Waals surface area contributed by atoms with Gasteiger partial charge >= 0.3 is 6.18 Å². The van der Waals surface area contributed by atoms with Gasteiger partial charge in [0.15, 0.2) is 5.82 Å². The largest absolute Gasteiger partial charge is 0.421 e. The summed E-state index contributed by atoms with van der Waals surface area (Å²) in [4.78, 5) is 0. The first-order valence-corrected chi connectivity index (χ1v) is 5.64. The molecule has 0 amide bonds. The van der Waals surface area contributed by atoms with Crippen LogP contribution in [-0.4, -0.2) is 29.5 Å². The van der Waals surface area contributed by atoms with E-state index in [2.05, 4.69) is 21.2 Å². The molecule has 1 rings (SSSR count). The van der Waals surface area contributed by atoms with Crippen LogP contribution in [0.4, 0.5) is 23.2 Å². The topological polar surface area (TPSA) is 52.5 Å². The number of aliphatic hydroxyl groups excluding tert-OH is 2. The molecule has 0 saturated carbocycles. The average molecular weight is 332 g/mol. The van der Waals surface area contributed by atoms with Gasteiger partial charge in [-0.1, -0.05) is 0 Å². The van der Waals surface area contributed by atoms with Crippen molar-refractivity contribution < 1.29 is 27.8 Å². The van der Waals surface area contributed by atoms with Crippen LogP contribution in [0.25, 0.3) is 0 Å². The molecular weight excluding hydrogens is 322 g/mol. The summed E-state index contributed by atoms with van der Waals surface area (Å²) in [6, 6.07) is 2.16. The molecule has 3 nitrogen and oxygen atoms in total. The van der Waals surface area contributed by atoms with Crippen molar-refractivity contribution in [3.8, 4) is 0 Å². The van der Waals surface area contributed by atoms with E-state index in [1.807, 2.05) is 0 Å². The highest BCUT2D eigenvalue weighted by molar-refractivity contribution is 9.10. The Bertz CT molecular complexity index is 425. The van der Waals surface area contributed by atoms with Gasteiger partial charge in [-0.15, -0.1) is 0 Å². The molecule has 0 fully saturated rings. The van der Waals surface area contributed by atoms with E-state index in [0.717, 1.165) is 12.1 Å². The minimum Gasteiger partial charge on any atom is -0.394 e. The summed E-state index contributed by atoms with van der Waals surface area (Å²) in [5.74, 6) is -1.43. The molecule has 0 aliphatic carbocycles. The van der Waals surface area contributed by atoms with Gasteiger partial charge in [0.05, 0.1) is 17.2 Å². The molecule has 0 heterocycles. The van der Waals surface area contributed by atoms with E-state index in [1.165, 1.54) is 0 Å². The second kappa shape index (κ2) is 5.85. The van der Waals surface area contributed by atoms with Gasteiger partial charge in [-0.3, -0.25) is 0 Å². The summed E-state index contributed by atoms with van der Waals surface area (Å²) in [6.45, 7) is -0.923. The first kappa shape index (κ1) is 15.2. The fraction of sp³-hybridized carbons (Fsp3) is 0.400. The van der Waals surface area contributed by atoms with Gasteiger partial charge in [0.25, 0.3) is 0 Å². The number of halogens is 5. The van der Waals surface area contributed by atoms with Crippen LogP contribution < -0.4 is 5.32 Å². The molecule has 0 aliphatic rings. The summed E-state index contributed by atoms with van der Waals surface area (Å²) in [6.07, 6.45) is -6.09. The molecule has 102 valence electrons. The molecule has 0 aromatic heterocycles. The number of alkyl halides is 3. The van der Waals surface area contributed by atoms with E-state index in [1.54, 1.807) is 0 Å². The number of benzene rings is 1. The lowest BCUT2D eigenvalue weighted by molar-refractivity contribution is -0.139. The standard InChI is InChI=1S/C10H10BrF4NO2/c11-6-1-2-7(16-3-5(18)4-17)8(9(6)12)10(13,14)15/h1-2,5,16-18H,3-4H2. The fourth-order valence-corrected chi connectivity index (χ4v) is 1.60. The predicted molar refractivity (Wildman–Crippen MR) is 60.7 cm³/mol. The SMILES string of the molecule is OCC(O)CNc1ccc(Br)c(F)c1C(F)(F)F. The fourth-order valence-electron chi connectivity index (χ4n) is 1.27. The van der Waals surface area contributed by atoms with Crippen LogP contribution in [0, 0.1) is 5.82 Å². The zero-order valence-electron chi connectivity index (χ0n) is 8.93. The molecule has 8 heteroatoms. The van der Waals surface area contributed by atoms with E-state index in [9.17, 15) is 17.6 Å². The highest BCUT2D eigenvalue weighted by Crippen LogP contribution is 2.39. The minimum atomic E-state index is -4.86. The number of aliphatic hydroxyl groups is 2. The number of rotatable bonds is 4. The normalized spacial score (nSPS) is 13.5. The van der Waals surface area contributed by atoms with Crippen molar-refractivity contribution in [1.29, 1.82) is 0 Å². The van der Waals surface area contributed by atoms with Crippen molar-refractivity contribution in [1.82, 2.24) is 0 Å². The molecule has 1 aromatic carbocycles. The summed E-state index contributed by atoms with van der Waals surface area (Å²) >= 11 is 2.67. The van der Waals surface area contributed by atoms with Crippen LogP contribution in [-0.2, 0) is 6.18 Å². The summed E-state index contributed by atoms with van der Waals surface area (Å²) < 4.78 is 51.2. The van der Waals surface area contributed by atoms with Crippen LogP contribution in [0.2, 0.25) is 0 Å². The number of hydrogen-bond donors (Lipinski definition) is 3. The Labute approximate surface area is 109 Å². The van der Waals surface area contributed by atoms with Crippen LogP contribution in [0.15, 0.2) is 16.6 Å². The van der Waals surface area contributed by atoms with Gasteiger partial charge < -0.3 is 15.5 Å². The molecule has 1 aromatic rings. The van der Waals surface area contributed by atoms with E-state index in [4.69, 9.17) is 10.2 Å². The molecule has 1 unspecified atom stereocenters. The van der Waals surface area contributed by atoms with Gasteiger partial charge in [0.2, 0.25) is 0 Å². The Morgan fingerprint density at radius 3 is 2.44 bits per heavy atom. The quantitative estimate of drug-likeness (QED) is 0.742. The third-order valence-corrected chi connectivity index (χ3v) is 2.73. The Morgan fingerprint density at radius 2 is 1.94 bits per heavy atom. The molecule has 0 bridgehead atoms. The van der Waals surface area contributed by atoms with Crippen LogP contribution in [0.3, 0.4) is 0 Å². The predicted octanol–water partition coefficient (Wildman–Crippen LogP) is 2.37. The number of nitrogens with one attached hydrogen (secondary N) is 1. The maximum Gasteiger partial charge on any atom is 0.421 e. The molecule has 0 radical (unpaired) electrons. The zero-order chi connectivity index (χ0) is 13.9. The summed E-state index contributed by atoms with van der Waals surface area (Å²) in [5, 5.41) is 19.8. The van der Waals surface area contributed by atoms with E-state index >= 15 is 0 Å². The van der Waals surface area contributed by atoms with E-state index < -0.39 is 36.0 Å². The van der Waals surface area contributed by atoms with Crippen LogP contribution in [0.5, 0.6) is 0 Å². The average Bonchev–Trinajstić information content (AvgIpc) is 2.28. The van der Waals surface area contributed by atoms with Gasteiger partial charge in [-0.25, -0.2) is 4.39 Å². The van der Waals surface area contributed by atoms with Crippen molar-refractivity contribution in [3.05, 3.63) is 28.0 Å². The lowest BCUT2D eigenvalue weighted by Gasteiger charge is -2.17. The van der Waals surface area contributed by atoms with Gasteiger partial charge in [0.1, 0.15) is 5.56 Å². The summed E-state index contributed by atoms with van der Waals surface area (Å²) in [7, 11) is 0. The van der Waals surface area contributed by atoms with Gasteiger partial charge in [-0.05, 0) is 28.1 Å². The Morgan fingerprint density at radius 1 is 1.33 bits per heavy atom. The molecule has 18 heavy (non-hydrogen) atoms. The monoisotopic (exact) mass is 331 g/mol. The Balaban J connectivity index is 3.08. The smallest absolute Gasteiger partial charge is 0.394 e. The molecule has 0 saturated heterocycles. The Kier molecular flexibility index (Phi) is 4.94. The molecule has 3 N–H and O–H groups in total. The van der Waals surface area contributed by atoms with Gasteiger partial charge in [-0.2, -0.15) is 13.2 Å². The third-order valence-electron chi connectivity index (χ3n) is 2.12. The van der Waals surface area contributed by atoms with Crippen LogP contribution in [0.1, 0.15) is 5.56 Å². The van der Waals surface area contributed by atoms with Crippen molar-refractivity contribution in [3.63, 3.8) is 0 Å². The highest BCUT2D eigenvalue weighted by atomic mass is 79.9.